The number of nitrogens with zero attached hydrogens (tertiary/aromatic N) is 2. The topological polar surface area (TPSA) is 69.7 Å². The van der Waals surface area contributed by atoms with Crippen LogP contribution in [0.15, 0.2) is 0 Å². The van der Waals surface area contributed by atoms with Gasteiger partial charge in [-0.25, -0.2) is 4.79 Å². The Bertz CT molecular complexity index is 577. The fraction of sp³-hybridized carbons (Fsp3) is 0.850. The number of nitrogens with one attached hydrogen (secondary N) is 1. The highest BCUT2D eigenvalue weighted by Crippen LogP contribution is 2.39. The Kier molecular flexibility index (Phi) is 5.31. The smallest absolute Gasteiger partial charge is 0.325 e. The first-order valence-electron chi connectivity index (χ1n) is 10.3. The molecule has 4 amide bonds. The minimum absolute atomic E-state index is 0.102. The molecule has 3 rings (SSSR count). The summed E-state index contributed by atoms with van der Waals surface area (Å²) in [5.74, 6) is -0.177. The van der Waals surface area contributed by atoms with Gasteiger partial charge in [-0.05, 0) is 37.0 Å². The minimum atomic E-state index is -0.781. The molecule has 1 spiro atoms. The number of amides is 4. The van der Waals surface area contributed by atoms with Crippen LogP contribution in [0, 0.1) is 11.3 Å². The molecule has 146 valence electrons. The third kappa shape index (κ3) is 3.12. The third-order valence-corrected chi connectivity index (χ3v) is 7.47. The molecule has 0 aromatic rings. The zero-order valence-electron chi connectivity index (χ0n) is 16.5. The summed E-state index contributed by atoms with van der Waals surface area (Å²) in [6.07, 6.45) is 7.95. The molecule has 1 N–H and O–H groups in total. The van der Waals surface area contributed by atoms with Gasteiger partial charge in [0.15, 0.2) is 0 Å². The highest BCUT2D eigenvalue weighted by molar-refractivity contribution is 6.09. The molecule has 0 aromatic heterocycles. The summed E-state index contributed by atoms with van der Waals surface area (Å²) in [7, 11) is 0. The number of imide groups is 1. The van der Waals surface area contributed by atoms with Crippen LogP contribution in [0.5, 0.6) is 0 Å². The second-order valence-electron chi connectivity index (χ2n) is 8.53. The van der Waals surface area contributed by atoms with Gasteiger partial charge < -0.3 is 10.2 Å². The van der Waals surface area contributed by atoms with E-state index in [9.17, 15) is 14.4 Å². The molecule has 0 bridgehead atoms. The average molecular weight is 364 g/mol. The van der Waals surface area contributed by atoms with E-state index in [0.717, 1.165) is 62.9 Å². The van der Waals surface area contributed by atoms with Gasteiger partial charge in [-0.1, -0.05) is 46.5 Å². The summed E-state index contributed by atoms with van der Waals surface area (Å²) in [6, 6.07) is -0.398. The van der Waals surface area contributed by atoms with Gasteiger partial charge >= 0.3 is 6.03 Å². The number of urea groups is 1. The summed E-state index contributed by atoms with van der Waals surface area (Å²) in [6.45, 7) is 7.81. The van der Waals surface area contributed by atoms with Crippen LogP contribution in [0.3, 0.4) is 0 Å². The van der Waals surface area contributed by atoms with Crippen molar-refractivity contribution >= 4 is 17.8 Å². The van der Waals surface area contributed by atoms with Crippen molar-refractivity contribution in [2.75, 3.05) is 19.6 Å². The molecule has 0 unspecified atom stereocenters. The zero-order valence-corrected chi connectivity index (χ0v) is 16.5. The molecular weight excluding hydrogens is 330 g/mol. The number of rotatable bonds is 4. The molecule has 0 radical (unpaired) electrons. The van der Waals surface area contributed by atoms with E-state index < -0.39 is 11.6 Å². The van der Waals surface area contributed by atoms with Gasteiger partial charge in [-0.15, -0.1) is 0 Å². The van der Waals surface area contributed by atoms with Gasteiger partial charge in [0, 0.05) is 13.1 Å². The second kappa shape index (κ2) is 7.20. The zero-order chi connectivity index (χ0) is 18.9. The van der Waals surface area contributed by atoms with Crippen molar-refractivity contribution in [1.82, 2.24) is 15.1 Å². The number of hydrogen-bond acceptors (Lipinski definition) is 3. The Balaban J connectivity index is 1.63. The van der Waals surface area contributed by atoms with Crippen LogP contribution in [0.2, 0.25) is 0 Å². The quantitative estimate of drug-likeness (QED) is 0.781. The largest absolute Gasteiger partial charge is 0.341 e. The van der Waals surface area contributed by atoms with Gasteiger partial charge in [-0.2, -0.15) is 0 Å². The lowest BCUT2D eigenvalue weighted by Crippen LogP contribution is -2.54. The molecule has 2 heterocycles. The summed E-state index contributed by atoms with van der Waals surface area (Å²) in [5, 5.41) is 2.93. The van der Waals surface area contributed by atoms with Crippen LogP contribution >= 0.6 is 0 Å². The van der Waals surface area contributed by atoms with E-state index in [1.807, 2.05) is 11.8 Å². The van der Waals surface area contributed by atoms with Gasteiger partial charge in [0.05, 0.1) is 0 Å². The van der Waals surface area contributed by atoms with Crippen molar-refractivity contribution in [2.24, 2.45) is 11.3 Å². The predicted octanol–water partition coefficient (Wildman–Crippen LogP) is 2.92. The van der Waals surface area contributed by atoms with E-state index in [0.29, 0.717) is 11.8 Å². The average Bonchev–Trinajstić information content (AvgIpc) is 2.89. The maximum atomic E-state index is 13.0. The van der Waals surface area contributed by atoms with Crippen LogP contribution in [-0.2, 0) is 9.59 Å². The Morgan fingerprint density at radius 2 is 1.77 bits per heavy atom. The summed E-state index contributed by atoms with van der Waals surface area (Å²) < 4.78 is 0. The van der Waals surface area contributed by atoms with E-state index >= 15 is 0 Å². The van der Waals surface area contributed by atoms with Gasteiger partial charge in [-0.3, -0.25) is 14.5 Å². The molecule has 6 heteroatoms. The lowest BCUT2D eigenvalue weighted by atomic mass is 9.73. The van der Waals surface area contributed by atoms with Crippen molar-refractivity contribution in [1.29, 1.82) is 0 Å². The predicted molar refractivity (Wildman–Crippen MR) is 99.4 cm³/mol. The van der Waals surface area contributed by atoms with Crippen molar-refractivity contribution < 1.29 is 14.4 Å². The number of hydrogen-bond donors (Lipinski definition) is 1. The first kappa shape index (κ1) is 19.2. The standard InChI is InChI=1S/C20H33N3O3/c1-4-19(5-2)10-12-22(13-11-19)16(24)14-23-17(25)20(21-18(23)26)9-7-6-8-15(20)3/h15H,4-14H2,1-3H3,(H,21,26)/t15-,20-/m0/s1. The summed E-state index contributed by atoms with van der Waals surface area (Å²) in [5.41, 5.74) is -0.434. The van der Waals surface area contributed by atoms with E-state index in [1.165, 1.54) is 0 Å². The molecule has 2 atom stereocenters. The van der Waals surface area contributed by atoms with E-state index in [-0.39, 0.29) is 24.3 Å². The molecule has 2 saturated heterocycles. The van der Waals surface area contributed by atoms with Gasteiger partial charge in [0.1, 0.15) is 12.1 Å². The monoisotopic (exact) mass is 363 g/mol. The molecule has 1 aliphatic carbocycles. The molecule has 6 nitrogen and oxygen atoms in total. The maximum Gasteiger partial charge on any atom is 0.325 e. The van der Waals surface area contributed by atoms with Crippen LogP contribution in [0.4, 0.5) is 4.79 Å². The lowest BCUT2D eigenvalue weighted by Gasteiger charge is -2.41. The lowest BCUT2D eigenvalue weighted by molar-refractivity contribution is -0.141. The van der Waals surface area contributed by atoms with E-state index in [4.69, 9.17) is 0 Å². The summed E-state index contributed by atoms with van der Waals surface area (Å²) >= 11 is 0. The normalized spacial score (nSPS) is 31.4. The Morgan fingerprint density at radius 3 is 2.35 bits per heavy atom. The minimum Gasteiger partial charge on any atom is -0.341 e. The fourth-order valence-corrected chi connectivity index (χ4v) is 5.06. The SMILES string of the molecule is CCC1(CC)CCN(C(=O)CN2C(=O)N[C@]3(CCCC[C@@H]3C)C2=O)CC1. The fourth-order valence-electron chi connectivity index (χ4n) is 5.06. The Morgan fingerprint density at radius 1 is 1.12 bits per heavy atom. The summed E-state index contributed by atoms with van der Waals surface area (Å²) in [4.78, 5) is 41.2. The van der Waals surface area contributed by atoms with Crippen LogP contribution in [-0.4, -0.2) is 52.8 Å². The molecule has 26 heavy (non-hydrogen) atoms. The highest BCUT2D eigenvalue weighted by Gasteiger charge is 2.55. The van der Waals surface area contributed by atoms with Crippen molar-refractivity contribution in [2.45, 2.75) is 77.7 Å². The Labute approximate surface area is 156 Å². The number of likely N-dealkylation sites (tertiary alicyclic amines) is 1. The molecule has 3 fully saturated rings. The highest BCUT2D eigenvalue weighted by atomic mass is 16.2. The first-order chi connectivity index (χ1) is 12.4. The second-order valence-corrected chi connectivity index (χ2v) is 8.53. The first-order valence-corrected chi connectivity index (χ1v) is 10.3. The van der Waals surface area contributed by atoms with Gasteiger partial charge in [0.2, 0.25) is 5.91 Å². The molecular formula is C20H33N3O3. The maximum absolute atomic E-state index is 13.0. The van der Waals surface area contributed by atoms with E-state index in [1.54, 1.807) is 0 Å². The van der Waals surface area contributed by atoms with Crippen molar-refractivity contribution in [3.63, 3.8) is 0 Å². The molecule has 1 saturated carbocycles. The molecule has 2 aliphatic heterocycles. The van der Waals surface area contributed by atoms with E-state index in [2.05, 4.69) is 19.2 Å². The molecule has 0 aromatic carbocycles. The number of carbonyl (C=O) groups is 3. The van der Waals surface area contributed by atoms with Gasteiger partial charge in [0.25, 0.3) is 5.91 Å². The molecule has 3 aliphatic rings. The van der Waals surface area contributed by atoms with Crippen LogP contribution in [0.1, 0.15) is 72.1 Å². The number of piperidine rings is 1. The Hall–Kier alpha value is -1.59. The number of carbonyl (C=O) groups excluding carboxylic acids is 3. The van der Waals surface area contributed by atoms with Crippen LogP contribution < -0.4 is 5.32 Å². The van der Waals surface area contributed by atoms with Crippen LogP contribution in [0.25, 0.3) is 0 Å². The van der Waals surface area contributed by atoms with Crippen molar-refractivity contribution in [3.8, 4) is 0 Å². The third-order valence-electron chi connectivity index (χ3n) is 7.47. The van der Waals surface area contributed by atoms with Crippen molar-refractivity contribution in [3.05, 3.63) is 0 Å².